The van der Waals surface area contributed by atoms with Gasteiger partial charge in [0.15, 0.2) is 0 Å². The fourth-order valence-electron chi connectivity index (χ4n) is 3.90. The maximum atomic E-state index is 10.0. The first-order valence-corrected chi connectivity index (χ1v) is 8.93. The summed E-state index contributed by atoms with van der Waals surface area (Å²) in [6.45, 7) is 4.42. The van der Waals surface area contributed by atoms with E-state index >= 15 is 0 Å². The second-order valence-electron chi connectivity index (χ2n) is 6.78. The highest BCUT2D eigenvalue weighted by molar-refractivity contribution is 5.84. The Morgan fingerprint density at radius 1 is 1.25 bits per heavy atom. The first kappa shape index (κ1) is 17.2. The van der Waals surface area contributed by atoms with Crippen LogP contribution in [0.25, 0.3) is 0 Å². The summed E-state index contributed by atoms with van der Waals surface area (Å²) in [5.74, 6) is 0.971. The number of methoxy groups -OCH3 is 1. The Hall–Kier alpha value is -1.59. The van der Waals surface area contributed by atoms with E-state index in [2.05, 4.69) is 4.90 Å². The monoisotopic (exact) mass is 332 g/mol. The van der Waals surface area contributed by atoms with Crippen LogP contribution in [0, 0.1) is 0 Å². The topological polar surface area (TPSA) is 54.3 Å². The van der Waals surface area contributed by atoms with Crippen LogP contribution in [0.3, 0.4) is 0 Å². The van der Waals surface area contributed by atoms with Crippen LogP contribution in [-0.4, -0.2) is 61.7 Å². The normalized spacial score (nSPS) is 21.9. The number of hydrogen-bond donors (Lipinski definition) is 1. The van der Waals surface area contributed by atoms with E-state index in [9.17, 15) is 5.11 Å². The maximum absolute atomic E-state index is 10.0. The van der Waals surface area contributed by atoms with Crippen molar-refractivity contribution in [3.63, 3.8) is 0 Å². The fraction of sp³-hybridized carbons (Fsp3) is 0.632. The van der Waals surface area contributed by atoms with E-state index in [0.717, 1.165) is 38.6 Å². The molecule has 5 nitrogen and oxygen atoms in total. The summed E-state index contributed by atoms with van der Waals surface area (Å²) in [7, 11) is 1.63. The lowest BCUT2D eigenvalue weighted by Gasteiger charge is -2.47. The Morgan fingerprint density at radius 3 is 2.71 bits per heavy atom. The molecular formula is C19H28N2O3. The van der Waals surface area contributed by atoms with Crippen molar-refractivity contribution in [1.82, 2.24) is 4.90 Å². The largest absolute Gasteiger partial charge is 0.507 e. The molecule has 0 atom stereocenters. The molecule has 0 aromatic heterocycles. The Kier molecular flexibility index (Phi) is 5.74. The summed E-state index contributed by atoms with van der Waals surface area (Å²) in [5.41, 5.74) is 0.870. The Bertz CT molecular complexity index is 562. The van der Waals surface area contributed by atoms with E-state index in [4.69, 9.17) is 14.5 Å². The molecule has 1 aromatic rings. The minimum Gasteiger partial charge on any atom is -0.507 e. The summed E-state index contributed by atoms with van der Waals surface area (Å²) in [4.78, 5) is 7.31. The predicted molar refractivity (Wildman–Crippen MR) is 95.3 cm³/mol. The highest BCUT2D eigenvalue weighted by Crippen LogP contribution is 2.34. The average Bonchev–Trinajstić information content (AvgIpc) is 2.65. The molecule has 3 rings (SSSR count). The second kappa shape index (κ2) is 7.99. The lowest BCUT2D eigenvalue weighted by molar-refractivity contribution is -0.0332. The molecule has 2 fully saturated rings. The van der Waals surface area contributed by atoms with Gasteiger partial charge in [-0.2, -0.15) is 0 Å². The van der Waals surface area contributed by atoms with Crippen molar-refractivity contribution >= 4 is 6.21 Å². The molecule has 1 heterocycles. The van der Waals surface area contributed by atoms with Crippen LogP contribution in [0.5, 0.6) is 11.5 Å². The Labute approximate surface area is 144 Å². The zero-order chi connectivity index (χ0) is 16.8. The molecule has 0 amide bonds. The van der Waals surface area contributed by atoms with Crippen molar-refractivity contribution in [3.8, 4) is 11.5 Å². The lowest BCUT2D eigenvalue weighted by Crippen LogP contribution is -2.56. The summed E-state index contributed by atoms with van der Waals surface area (Å²) < 4.78 is 10.7. The average molecular weight is 332 g/mol. The third kappa shape index (κ3) is 3.90. The molecule has 1 N–H and O–H groups in total. The van der Waals surface area contributed by atoms with Gasteiger partial charge in [-0.05, 0) is 31.0 Å². The van der Waals surface area contributed by atoms with Crippen LogP contribution in [0.1, 0.15) is 37.7 Å². The molecule has 1 aliphatic carbocycles. The number of phenols is 1. The maximum Gasteiger partial charge on any atom is 0.124 e. The summed E-state index contributed by atoms with van der Waals surface area (Å²) in [6, 6.07) is 5.22. The third-order valence-electron chi connectivity index (χ3n) is 5.32. The van der Waals surface area contributed by atoms with E-state index in [-0.39, 0.29) is 11.3 Å². The molecule has 1 aliphatic heterocycles. The summed E-state index contributed by atoms with van der Waals surface area (Å²) in [6.07, 6.45) is 8.07. The van der Waals surface area contributed by atoms with Gasteiger partial charge in [0.2, 0.25) is 0 Å². The molecule has 24 heavy (non-hydrogen) atoms. The number of benzene rings is 1. The second-order valence-corrected chi connectivity index (χ2v) is 6.78. The van der Waals surface area contributed by atoms with Crippen LogP contribution in [0.4, 0.5) is 0 Å². The molecule has 0 spiro atoms. The van der Waals surface area contributed by atoms with Gasteiger partial charge in [-0.3, -0.25) is 9.89 Å². The number of hydrogen-bond acceptors (Lipinski definition) is 5. The van der Waals surface area contributed by atoms with Gasteiger partial charge in [-0.25, -0.2) is 0 Å². The molecule has 1 saturated heterocycles. The number of aromatic hydroxyl groups is 1. The molecule has 0 radical (unpaired) electrons. The summed E-state index contributed by atoms with van der Waals surface area (Å²) >= 11 is 0. The molecule has 132 valence electrons. The van der Waals surface area contributed by atoms with Crippen molar-refractivity contribution < 1.29 is 14.6 Å². The summed E-state index contributed by atoms with van der Waals surface area (Å²) in [5, 5.41) is 10.0. The van der Waals surface area contributed by atoms with Gasteiger partial charge in [0.1, 0.15) is 11.5 Å². The zero-order valence-electron chi connectivity index (χ0n) is 14.5. The Morgan fingerprint density at radius 2 is 2.00 bits per heavy atom. The molecule has 5 heteroatoms. The molecule has 0 unspecified atom stereocenters. The molecule has 1 aromatic carbocycles. The Balaban J connectivity index is 1.73. The zero-order valence-corrected chi connectivity index (χ0v) is 14.5. The highest BCUT2D eigenvalue weighted by Gasteiger charge is 2.38. The van der Waals surface area contributed by atoms with E-state index < -0.39 is 0 Å². The molecule has 2 aliphatic rings. The standard InChI is InChI=1S/C19H28N2O3/c1-23-17-5-6-18(22)16(13-17)14-20-15-19(7-3-2-4-8-19)21-9-11-24-12-10-21/h5-6,13-14,22H,2-4,7-12,15H2,1H3. The van der Waals surface area contributed by atoms with Gasteiger partial charge >= 0.3 is 0 Å². The predicted octanol–water partition coefficient (Wildman–Crippen LogP) is 2.85. The first-order valence-electron chi connectivity index (χ1n) is 8.93. The smallest absolute Gasteiger partial charge is 0.124 e. The number of morpholine rings is 1. The van der Waals surface area contributed by atoms with Gasteiger partial charge in [0.05, 0.1) is 26.9 Å². The van der Waals surface area contributed by atoms with Crippen LogP contribution < -0.4 is 4.74 Å². The van der Waals surface area contributed by atoms with E-state index in [0.29, 0.717) is 5.56 Å². The molecular weight excluding hydrogens is 304 g/mol. The third-order valence-corrected chi connectivity index (χ3v) is 5.32. The SMILES string of the molecule is COc1ccc(O)c(C=NCC2(N3CCOCC3)CCCCC2)c1. The minimum absolute atomic E-state index is 0.160. The van der Waals surface area contributed by atoms with Crippen LogP contribution in [0.15, 0.2) is 23.2 Å². The van der Waals surface area contributed by atoms with Gasteiger partial charge in [0.25, 0.3) is 0 Å². The quantitative estimate of drug-likeness (QED) is 0.843. The highest BCUT2D eigenvalue weighted by atomic mass is 16.5. The number of aliphatic imine (C=N–C) groups is 1. The van der Waals surface area contributed by atoms with Crippen molar-refractivity contribution in [2.24, 2.45) is 4.99 Å². The van der Waals surface area contributed by atoms with Crippen molar-refractivity contribution in [1.29, 1.82) is 0 Å². The van der Waals surface area contributed by atoms with E-state index in [1.807, 2.05) is 6.07 Å². The van der Waals surface area contributed by atoms with Crippen LogP contribution in [0.2, 0.25) is 0 Å². The van der Waals surface area contributed by atoms with Crippen LogP contribution >= 0.6 is 0 Å². The lowest BCUT2D eigenvalue weighted by atomic mass is 9.80. The minimum atomic E-state index is 0.160. The fourth-order valence-corrected chi connectivity index (χ4v) is 3.90. The van der Waals surface area contributed by atoms with Crippen molar-refractivity contribution in [2.75, 3.05) is 40.0 Å². The van der Waals surface area contributed by atoms with Crippen molar-refractivity contribution in [3.05, 3.63) is 23.8 Å². The number of ether oxygens (including phenoxy) is 2. The van der Waals surface area contributed by atoms with E-state index in [1.165, 1.54) is 32.1 Å². The van der Waals surface area contributed by atoms with Gasteiger partial charge < -0.3 is 14.6 Å². The van der Waals surface area contributed by atoms with Gasteiger partial charge in [-0.1, -0.05) is 19.3 Å². The van der Waals surface area contributed by atoms with Gasteiger partial charge in [-0.15, -0.1) is 0 Å². The van der Waals surface area contributed by atoms with Crippen LogP contribution in [-0.2, 0) is 4.74 Å². The first-order chi connectivity index (χ1) is 11.7. The van der Waals surface area contributed by atoms with E-state index in [1.54, 1.807) is 25.5 Å². The number of nitrogens with zero attached hydrogens (tertiary/aromatic N) is 2. The molecule has 1 saturated carbocycles. The van der Waals surface area contributed by atoms with Gasteiger partial charge in [0, 0.05) is 30.4 Å². The number of phenolic OH excluding ortho intramolecular Hbond substituents is 1. The molecule has 0 bridgehead atoms. The van der Waals surface area contributed by atoms with Crippen molar-refractivity contribution in [2.45, 2.75) is 37.6 Å². The number of rotatable bonds is 5.